The van der Waals surface area contributed by atoms with Gasteiger partial charge in [-0.3, -0.25) is 0 Å². The van der Waals surface area contributed by atoms with Gasteiger partial charge in [-0.05, 0) is 102 Å². The highest BCUT2D eigenvalue weighted by molar-refractivity contribution is 5.88. The Morgan fingerprint density at radius 3 is 1.84 bits per heavy atom. The molecular formula is C52H49N3. The third kappa shape index (κ3) is 9.57. The van der Waals surface area contributed by atoms with Crippen LogP contribution in [0.2, 0.25) is 0 Å². The summed E-state index contributed by atoms with van der Waals surface area (Å²) in [7, 11) is 0. The highest BCUT2D eigenvalue weighted by atomic mass is 15.0. The summed E-state index contributed by atoms with van der Waals surface area (Å²) in [5, 5.41) is 2.10. The van der Waals surface area contributed by atoms with Gasteiger partial charge < -0.3 is 0 Å². The molecule has 0 unspecified atom stereocenters. The Bertz CT molecular complexity index is 2510. The molecule has 3 heteroatoms. The predicted molar refractivity (Wildman–Crippen MR) is 236 cm³/mol. The van der Waals surface area contributed by atoms with E-state index in [2.05, 4.69) is 193 Å². The standard InChI is InChI=1S/C52H49N3/c1-7-16-39(9-3)19-12-13-20-40-24-26-45(27-25-40)50-53-51(46-32-28-43(29-33-46)41(10-4)36-48-21-14-11-18-37(48)5)55-52(54-50)47-34-30-44(31-35-47)49-23-15-22-42(17-8-2)38(49)6/h7-8,10-19,21-36H,5,9,20H2,1-4,6H3/b13-12-,16-7-,17-8-,39-19+,41-10+,48-36-. The number of allylic oxidation sites excluding steroid dienone is 9. The highest BCUT2D eigenvalue weighted by Crippen LogP contribution is 2.30. The molecule has 1 heterocycles. The van der Waals surface area contributed by atoms with Crippen molar-refractivity contribution in [1.82, 2.24) is 15.0 Å². The Kier molecular flexibility index (Phi) is 12.9. The molecule has 0 spiro atoms. The molecular weight excluding hydrogens is 667 g/mol. The van der Waals surface area contributed by atoms with Crippen molar-refractivity contribution in [1.29, 1.82) is 0 Å². The van der Waals surface area contributed by atoms with E-state index in [1.54, 1.807) is 0 Å². The smallest absolute Gasteiger partial charge is 0.164 e. The van der Waals surface area contributed by atoms with Crippen LogP contribution >= 0.6 is 0 Å². The van der Waals surface area contributed by atoms with Crippen molar-refractivity contribution in [2.75, 3.05) is 0 Å². The summed E-state index contributed by atoms with van der Waals surface area (Å²) < 4.78 is 0. The zero-order valence-electron chi connectivity index (χ0n) is 32.6. The molecule has 0 saturated carbocycles. The molecule has 55 heavy (non-hydrogen) atoms. The molecule has 0 radical (unpaired) electrons. The second-order valence-corrected chi connectivity index (χ2v) is 13.5. The number of hydrogen-bond donors (Lipinski definition) is 0. The van der Waals surface area contributed by atoms with Gasteiger partial charge in [0.1, 0.15) is 0 Å². The molecule has 272 valence electrons. The Morgan fingerprint density at radius 2 is 1.25 bits per heavy atom. The van der Waals surface area contributed by atoms with Crippen molar-refractivity contribution in [2.45, 2.75) is 47.5 Å². The van der Waals surface area contributed by atoms with E-state index < -0.39 is 0 Å². The third-order valence-corrected chi connectivity index (χ3v) is 9.77. The number of aromatic nitrogens is 3. The van der Waals surface area contributed by atoms with E-state index in [1.807, 2.05) is 18.2 Å². The molecule has 0 fully saturated rings. The van der Waals surface area contributed by atoms with Gasteiger partial charge in [0, 0.05) is 16.7 Å². The molecule has 6 rings (SSSR count). The maximum atomic E-state index is 5.05. The monoisotopic (exact) mass is 715 g/mol. The molecule has 5 aromatic carbocycles. The molecule has 0 bridgehead atoms. The average Bonchev–Trinajstić information content (AvgIpc) is 3.23. The van der Waals surface area contributed by atoms with Gasteiger partial charge in [-0.15, -0.1) is 0 Å². The van der Waals surface area contributed by atoms with Crippen LogP contribution in [0.5, 0.6) is 0 Å². The summed E-state index contributed by atoms with van der Waals surface area (Å²) in [4.78, 5) is 15.1. The first kappa shape index (κ1) is 38.3. The second-order valence-electron chi connectivity index (χ2n) is 13.5. The van der Waals surface area contributed by atoms with Crippen molar-refractivity contribution in [2.24, 2.45) is 0 Å². The van der Waals surface area contributed by atoms with E-state index in [1.165, 1.54) is 27.8 Å². The maximum absolute atomic E-state index is 5.05. The molecule has 0 N–H and O–H groups in total. The fourth-order valence-corrected chi connectivity index (χ4v) is 6.57. The molecule has 0 aliphatic carbocycles. The lowest BCUT2D eigenvalue weighted by Crippen LogP contribution is -2.21. The van der Waals surface area contributed by atoms with Crippen molar-refractivity contribution in [3.63, 3.8) is 0 Å². The van der Waals surface area contributed by atoms with E-state index >= 15 is 0 Å². The lowest BCUT2D eigenvalue weighted by atomic mass is 9.95. The van der Waals surface area contributed by atoms with Gasteiger partial charge in [0.2, 0.25) is 0 Å². The maximum Gasteiger partial charge on any atom is 0.164 e. The van der Waals surface area contributed by atoms with Gasteiger partial charge in [-0.25, -0.2) is 15.0 Å². The van der Waals surface area contributed by atoms with E-state index in [0.29, 0.717) is 17.5 Å². The predicted octanol–water partition coefficient (Wildman–Crippen LogP) is 12.2. The third-order valence-electron chi connectivity index (χ3n) is 9.77. The van der Waals surface area contributed by atoms with Crippen molar-refractivity contribution in [3.8, 4) is 45.3 Å². The molecule has 3 nitrogen and oxygen atoms in total. The van der Waals surface area contributed by atoms with Gasteiger partial charge in [-0.2, -0.15) is 0 Å². The second kappa shape index (κ2) is 18.5. The first-order valence-electron chi connectivity index (χ1n) is 19.1. The first-order valence-corrected chi connectivity index (χ1v) is 19.1. The number of hydrogen-bond acceptors (Lipinski definition) is 3. The Balaban J connectivity index is 1.35. The van der Waals surface area contributed by atoms with Crippen LogP contribution in [-0.4, -0.2) is 15.0 Å². The van der Waals surface area contributed by atoms with Crippen molar-refractivity contribution >= 4 is 24.3 Å². The SMILES string of the molecule is C=c1cccc/c1=C/C(=C\C)c1ccc(-c2nc(-c3ccc(C\C=C/C=C(/C=C\C)CC)cc3)nc(-c3ccc(-c4cccc(/C=C\C)c4C)cc3)n2)cc1. The van der Waals surface area contributed by atoms with E-state index in [0.717, 1.165) is 56.7 Å². The largest absolute Gasteiger partial charge is 0.208 e. The fourth-order valence-electron chi connectivity index (χ4n) is 6.57. The Morgan fingerprint density at radius 1 is 0.655 bits per heavy atom. The summed E-state index contributed by atoms with van der Waals surface area (Å²) in [6.07, 6.45) is 21.2. The van der Waals surface area contributed by atoms with Gasteiger partial charge in [0.25, 0.3) is 0 Å². The lowest BCUT2D eigenvalue weighted by Gasteiger charge is -2.11. The van der Waals surface area contributed by atoms with Crippen LogP contribution in [0.15, 0.2) is 163 Å². The van der Waals surface area contributed by atoms with Crippen LogP contribution in [0.1, 0.15) is 56.4 Å². The van der Waals surface area contributed by atoms with Crippen molar-refractivity contribution < 1.29 is 0 Å². The van der Waals surface area contributed by atoms with Crippen LogP contribution in [0.25, 0.3) is 69.6 Å². The zero-order valence-corrected chi connectivity index (χ0v) is 32.6. The minimum atomic E-state index is 0.631. The Labute approximate surface area is 326 Å². The first-order chi connectivity index (χ1) is 26.9. The Hall–Kier alpha value is -6.45. The van der Waals surface area contributed by atoms with Crippen LogP contribution in [0, 0.1) is 6.92 Å². The molecule has 0 amide bonds. The van der Waals surface area contributed by atoms with Crippen LogP contribution in [0.4, 0.5) is 0 Å². The minimum Gasteiger partial charge on any atom is -0.208 e. The summed E-state index contributed by atoms with van der Waals surface area (Å²) >= 11 is 0. The normalized spacial score (nSPS) is 12.8. The number of nitrogens with zero attached hydrogens (tertiary/aromatic N) is 3. The molecule has 0 aliphatic heterocycles. The van der Waals surface area contributed by atoms with Gasteiger partial charge in [0.15, 0.2) is 17.5 Å². The molecule has 0 saturated heterocycles. The number of benzene rings is 5. The van der Waals surface area contributed by atoms with Crippen LogP contribution in [-0.2, 0) is 6.42 Å². The van der Waals surface area contributed by atoms with E-state index in [-0.39, 0.29) is 0 Å². The molecule has 1 aromatic heterocycles. The molecule has 6 aromatic rings. The summed E-state index contributed by atoms with van der Waals surface area (Å²) in [5.74, 6) is 1.91. The minimum absolute atomic E-state index is 0.631. The topological polar surface area (TPSA) is 38.7 Å². The van der Waals surface area contributed by atoms with Crippen LogP contribution < -0.4 is 10.4 Å². The summed E-state index contributed by atoms with van der Waals surface area (Å²) in [5.41, 5.74) is 12.4. The quantitative estimate of drug-likeness (QED) is 0.118. The highest BCUT2D eigenvalue weighted by Gasteiger charge is 2.14. The van der Waals surface area contributed by atoms with Gasteiger partial charge in [-0.1, -0.05) is 177 Å². The summed E-state index contributed by atoms with van der Waals surface area (Å²) in [6, 6.07) is 40.2. The average molecular weight is 716 g/mol. The van der Waals surface area contributed by atoms with Crippen molar-refractivity contribution in [3.05, 3.63) is 196 Å². The van der Waals surface area contributed by atoms with E-state index in [4.69, 9.17) is 15.0 Å². The summed E-state index contributed by atoms with van der Waals surface area (Å²) in [6.45, 7) is 14.7. The lowest BCUT2D eigenvalue weighted by molar-refractivity contribution is 1.07. The fraction of sp³-hybridized carbons (Fsp3) is 0.135. The molecule has 0 aliphatic rings. The molecule has 0 atom stereocenters. The van der Waals surface area contributed by atoms with E-state index in [9.17, 15) is 0 Å². The van der Waals surface area contributed by atoms with Crippen LogP contribution in [0.3, 0.4) is 0 Å². The number of rotatable bonds is 12. The zero-order chi connectivity index (χ0) is 38.6. The van der Waals surface area contributed by atoms with Gasteiger partial charge >= 0.3 is 0 Å². The van der Waals surface area contributed by atoms with Gasteiger partial charge in [0.05, 0.1) is 0 Å².